The average molecular weight is 387 g/mol. The Bertz CT molecular complexity index is 1200. The summed E-state index contributed by atoms with van der Waals surface area (Å²) in [5.74, 6) is -0.317. The van der Waals surface area contributed by atoms with Crippen molar-refractivity contribution in [3.05, 3.63) is 83.7 Å². The second-order valence-electron chi connectivity index (χ2n) is 6.42. The average Bonchev–Trinajstić information content (AvgIpc) is 3.07. The lowest BCUT2D eigenvalue weighted by Gasteiger charge is -2.07. The summed E-state index contributed by atoms with van der Waals surface area (Å²) in [6.07, 6.45) is 1.39. The fraction of sp³-hybridized carbons (Fsp3) is 0.0455. The molecule has 0 saturated carbocycles. The molecule has 144 valence electrons. The number of ether oxygens (including phenoxy) is 1. The number of amides is 2. The largest absolute Gasteiger partial charge is 0.449 e. The molecule has 2 aromatic heterocycles. The van der Waals surface area contributed by atoms with Crippen LogP contribution in [0.5, 0.6) is 11.6 Å². The quantitative estimate of drug-likeness (QED) is 0.531. The summed E-state index contributed by atoms with van der Waals surface area (Å²) < 4.78 is 11.2. The minimum absolute atomic E-state index is 0.101. The van der Waals surface area contributed by atoms with E-state index < -0.39 is 11.8 Å². The fourth-order valence-corrected chi connectivity index (χ4v) is 2.87. The number of hydrogen-bond donors (Lipinski definition) is 2. The number of pyridine rings is 1. The maximum Gasteiger partial charge on any atom is 0.286 e. The maximum atomic E-state index is 12.7. The predicted molar refractivity (Wildman–Crippen MR) is 108 cm³/mol. The molecule has 7 heteroatoms. The minimum Gasteiger partial charge on any atom is -0.449 e. The molecule has 2 heterocycles. The smallest absolute Gasteiger partial charge is 0.286 e. The van der Waals surface area contributed by atoms with Crippen LogP contribution in [-0.2, 0) is 0 Å². The monoisotopic (exact) mass is 387 g/mol. The van der Waals surface area contributed by atoms with Crippen LogP contribution in [0.25, 0.3) is 11.0 Å². The van der Waals surface area contributed by atoms with Gasteiger partial charge < -0.3 is 20.2 Å². The Labute approximate surface area is 166 Å². The topological polar surface area (TPSA) is 107 Å². The van der Waals surface area contributed by atoms with Crippen LogP contribution in [0.2, 0.25) is 0 Å². The Hall–Kier alpha value is -4.13. The van der Waals surface area contributed by atoms with Gasteiger partial charge in [-0.3, -0.25) is 9.59 Å². The van der Waals surface area contributed by atoms with Gasteiger partial charge >= 0.3 is 0 Å². The van der Waals surface area contributed by atoms with E-state index in [-0.39, 0.29) is 11.4 Å². The van der Waals surface area contributed by atoms with Crippen LogP contribution >= 0.6 is 0 Å². The number of hydrogen-bond acceptors (Lipinski definition) is 5. The van der Waals surface area contributed by atoms with E-state index in [1.807, 2.05) is 31.2 Å². The van der Waals surface area contributed by atoms with Gasteiger partial charge in [-0.05, 0) is 42.8 Å². The molecule has 7 nitrogen and oxygen atoms in total. The van der Waals surface area contributed by atoms with Gasteiger partial charge in [0.25, 0.3) is 11.8 Å². The van der Waals surface area contributed by atoms with E-state index in [0.29, 0.717) is 28.2 Å². The lowest BCUT2D eigenvalue weighted by molar-refractivity contribution is 0.0977. The second kappa shape index (κ2) is 7.47. The second-order valence-corrected chi connectivity index (χ2v) is 6.42. The Morgan fingerprint density at radius 2 is 1.86 bits per heavy atom. The van der Waals surface area contributed by atoms with Gasteiger partial charge in [0.2, 0.25) is 11.6 Å². The summed E-state index contributed by atoms with van der Waals surface area (Å²) in [5, 5.41) is 3.30. The van der Waals surface area contributed by atoms with Gasteiger partial charge in [0, 0.05) is 17.6 Å². The number of aryl methyl sites for hydroxylation is 1. The van der Waals surface area contributed by atoms with Gasteiger partial charge in [0.15, 0.2) is 0 Å². The van der Waals surface area contributed by atoms with E-state index in [4.69, 9.17) is 14.9 Å². The first-order chi connectivity index (χ1) is 14.0. The highest BCUT2D eigenvalue weighted by molar-refractivity contribution is 6.14. The Balaban J connectivity index is 1.58. The van der Waals surface area contributed by atoms with Crippen LogP contribution in [0, 0.1) is 6.92 Å². The summed E-state index contributed by atoms with van der Waals surface area (Å²) in [7, 11) is 0. The molecule has 29 heavy (non-hydrogen) atoms. The number of para-hydroxylation sites is 1. The SMILES string of the molecule is Cc1ccc2c(NC(=O)c3ccc(Oc4ccccc4)nc3)c(C(N)=O)oc2c1. The van der Waals surface area contributed by atoms with Crippen LogP contribution in [0.15, 0.2) is 71.3 Å². The Morgan fingerprint density at radius 1 is 1.07 bits per heavy atom. The molecular weight excluding hydrogens is 370 g/mol. The first-order valence-corrected chi connectivity index (χ1v) is 8.84. The number of carbonyl (C=O) groups is 2. The van der Waals surface area contributed by atoms with E-state index in [0.717, 1.165) is 5.56 Å². The zero-order chi connectivity index (χ0) is 20.4. The van der Waals surface area contributed by atoms with Gasteiger partial charge in [0.1, 0.15) is 17.0 Å². The molecule has 0 aliphatic heterocycles. The van der Waals surface area contributed by atoms with Crippen molar-refractivity contribution >= 4 is 28.5 Å². The zero-order valence-electron chi connectivity index (χ0n) is 15.5. The fourth-order valence-electron chi connectivity index (χ4n) is 2.87. The molecule has 0 aliphatic carbocycles. The zero-order valence-corrected chi connectivity index (χ0v) is 15.5. The normalized spacial score (nSPS) is 10.7. The van der Waals surface area contributed by atoms with Crippen molar-refractivity contribution in [3.8, 4) is 11.6 Å². The van der Waals surface area contributed by atoms with Crippen LogP contribution < -0.4 is 15.8 Å². The van der Waals surface area contributed by atoms with E-state index in [1.165, 1.54) is 6.20 Å². The van der Waals surface area contributed by atoms with Crippen LogP contribution in [0.1, 0.15) is 26.5 Å². The summed E-state index contributed by atoms with van der Waals surface area (Å²) in [6.45, 7) is 1.90. The number of carbonyl (C=O) groups excluding carboxylic acids is 2. The van der Waals surface area contributed by atoms with Gasteiger partial charge in [0.05, 0.1) is 5.56 Å². The molecule has 4 aromatic rings. The van der Waals surface area contributed by atoms with E-state index in [9.17, 15) is 9.59 Å². The first kappa shape index (κ1) is 18.2. The van der Waals surface area contributed by atoms with Crippen molar-refractivity contribution in [2.75, 3.05) is 5.32 Å². The Kier molecular flexibility index (Phi) is 4.70. The number of nitrogens with zero attached hydrogens (tertiary/aromatic N) is 1. The number of anilines is 1. The number of fused-ring (bicyclic) bond motifs is 1. The Morgan fingerprint density at radius 3 is 2.55 bits per heavy atom. The van der Waals surface area contributed by atoms with Crippen LogP contribution in [0.4, 0.5) is 5.69 Å². The van der Waals surface area contributed by atoms with Gasteiger partial charge in [-0.15, -0.1) is 0 Å². The van der Waals surface area contributed by atoms with Gasteiger partial charge in [-0.2, -0.15) is 0 Å². The van der Waals surface area contributed by atoms with E-state index >= 15 is 0 Å². The van der Waals surface area contributed by atoms with Crippen molar-refractivity contribution < 1.29 is 18.7 Å². The molecule has 2 amide bonds. The molecule has 0 spiro atoms. The van der Waals surface area contributed by atoms with E-state index in [2.05, 4.69) is 10.3 Å². The highest BCUT2D eigenvalue weighted by atomic mass is 16.5. The number of aromatic nitrogens is 1. The van der Waals surface area contributed by atoms with Crippen molar-refractivity contribution in [3.63, 3.8) is 0 Å². The lowest BCUT2D eigenvalue weighted by Crippen LogP contribution is -2.17. The number of nitrogens with one attached hydrogen (secondary N) is 1. The molecule has 4 rings (SSSR count). The molecule has 3 N–H and O–H groups in total. The standard InChI is InChI=1S/C22H17N3O4/c1-13-7-9-16-17(11-13)29-20(21(23)26)19(16)25-22(27)14-8-10-18(24-12-14)28-15-5-3-2-4-6-15/h2-12H,1H3,(H2,23,26)(H,25,27). The third kappa shape index (κ3) is 3.79. The number of nitrogens with two attached hydrogens (primary N) is 1. The highest BCUT2D eigenvalue weighted by Crippen LogP contribution is 2.32. The maximum absolute atomic E-state index is 12.7. The van der Waals surface area contributed by atoms with Crippen molar-refractivity contribution in [2.24, 2.45) is 5.73 Å². The summed E-state index contributed by atoms with van der Waals surface area (Å²) in [5.41, 5.74) is 7.37. The minimum atomic E-state index is -0.765. The molecule has 0 unspecified atom stereocenters. The summed E-state index contributed by atoms with van der Waals surface area (Å²) in [4.78, 5) is 28.6. The molecule has 2 aromatic carbocycles. The lowest BCUT2D eigenvalue weighted by atomic mass is 10.1. The molecule has 0 bridgehead atoms. The molecule has 0 saturated heterocycles. The van der Waals surface area contributed by atoms with Gasteiger partial charge in [-0.25, -0.2) is 4.98 Å². The molecular formula is C22H17N3O4. The molecule has 0 atom stereocenters. The van der Waals surface area contributed by atoms with Crippen molar-refractivity contribution in [1.29, 1.82) is 0 Å². The first-order valence-electron chi connectivity index (χ1n) is 8.84. The number of furan rings is 1. The third-order valence-corrected chi connectivity index (χ3v) is 4.27. The molecule has 0 aliphatic rings. The van der Waals surface area contributed by atoms with Gasteiger partial charge in [-0.1, -0.05) is 24.3 Å². The molecule has 0 radical (unpaired) electrons. The predicted octanol–water partition coefficient (Wildman–Crippen LogP) is 4.28. The summed E-state index contributed by atoms with van der Waals surface area (Å²) >= 11 is 0. The van der Waals surface area contributed by atoms with E-state index in [1.54, 1.807) is 36.4 Å². The summed E-state index contributed by atoms with van der Waals surface area (Å²) in [6, 6.07) is 17.8. The van der Waals surface area contributed by atoms with Crippen LogP contribution in [-0.4, -0.2) is 16.8 Å². The van der Waals surface area contributed by atoms with Crippen LogP contribution in [0.3, 0.4) is 0 Å². The number of primary amides is 1. The number of rotatable bonds is 5. The van der Waals surface area contributed by atoms with Crippen molar-refractivity contribution in [1.82, 2.24) is 4.98 Å². The van der Waals surface area contributed by atoms with Crippen molar-refractivity contribution in [2.45, 2.75) is 6.92 Å². The third-order valence-electron chi connectivity index (χ3n) is 4.27. The number of benzene rings is 2. The molecule has 0 fully saturated rings. The highest BCUT2D eigenvalue weighted by Gasteiger charge is 2.21.